The van der Waals surface area contributed by atoms with Gasteiger partial charge in [-0.15, -0.1) is 0 Å². The van der Waals surface area contributed by atoms with Crippen LogP contribution >= 0.6 is 0 Å². The molecule has 0 bridgehead atoms. The minimum Gasteiger partial charge on any atom is -0.481 e. The Labute approximate surface area is 101 Å². The van der Waals surface area contributed by atoms with Crippen LogP contribution in [0.15, 0.2) is 12.2 Å². The normalized spacial score (nSPS) is 17.6. The van der Waals surface area contributed by atoms with Crippen LogP contribution in [0.25, 0.3) is 0 Å². The maximum Gasteiger partial charge on any atom is 0.305 e. The Kier molecular flexibility index (Phi) is 5.69. The van der Waals surface area contributed by atoms with E-state index in [0.717, 1.165) is 12.8 Å². The van der Waals surface area contributed by atoms with E-state index in [0.29, 0.717) is 13.1 Å². The van der Waals surface area contributed by atoms with Gasteiger partial charge in [0.1, 0.15) is 0 Å². The second-order valence-electron chi connectivity index (χ2n) is 4.04. The van der Waals surface area contributed by atoms with Crippen molar-refractivity contribution >= 4 is 11.9 Å². The van der Waals surface area contributed by atoms with E-state index in [-0.39, 0.29) is 25.0 Å². The Morgan fingerprint density at radius 3 is 2.59 bits per heavy atom. The number of ether oxygens (including phenoxy) is 1. The van der Waals surface area contributed by atoms with Gasteiger partial charge in [-0.2, -0.15) is 0 Å². The average molecular weight is 241 g/mol. The summed E-state index contributed by atoms with van der Waals surface area (Å²) in [6.45, 7) is 3.43. The van der Waals surface area contributed by atoms with E-state index in [1.807, 2.05) is 6.92 Å². The molecule has 1 rings (SSSR count). The SMILES string of the molecule is CC=CC(=O)N1CCC(OCCC(=O)O)CC1. The van der Waals surface area contributed by atoms with E-state index >= 15 is 0 Å². The molecule has 0 radical (unpaired) electrons. The van der Waals surface area contributed by atoms with Gasteiger partial charge in [0.2, 0.25) is 5.91 Å². The van der Waals surface area contributed by atoms with Gasteiger partial charge in [0.25, 0.3) is 0 Å². The number of piperidine rings is 1. The molecule has 0 aromatic heterocycles. The predicted molar refractivity (Wildman–Crippen MR) is 62.6 cm³/mol. The van der Waals surface area contributed by atoms with Crippen molar-refractivity contribution in [3.63, 3.8) is 0 Å². The van der Waals surface area contributed by atoms with Crippen LogP contribution in [-0.4, -0.2) is 47.7 Å². The number of carboxylic acids is 1. The van der Waals surface area contributed by atoms with Gasteiger partial charge in [0, 0.05) is 13.1 Å². The number of rotatable bonds is 5. The molecule has 0 spiro atoms. The van der Waals surface area contributed by atoms with Gasteiger partial charge in [0.05, 0.1) is 19.1 Å². The molecule has 1 aliphatic heterocycles. The maximum absolute atomic E-state index is 11.5. The molecule has 5 heteroatoms. The second kappa shape index (κ2) is 7.06. The molecule has 0 aromatic carbocycles. The third kappa shape index (κ3) is 4.99. The van der Waals surface area contributed by atoms with E-state index in [1.165, 1.54) is 0 Å². The first-order valence-corrected chi connectivity index (χ1v) is 5.88. The van der Waals surface area contributed by atoms with Crippen LogP contribution in [0, 0.1) is 0 Å². The molecule has 1 saturated heterocycles. The molecule has 1 fully saturated rings. The highest BCUT2D eigenvalue weighted by Gasteiger charge is 2.21. The number of amides is 1. The van der Waals surface area contributed by atoms with Crippen LogP contribution in [0.4, 0.5) is 0 Å². The number of carboxylic acid groups (broad SMARTS) is 1. The molecule has 17 heavy (non-hydrogen) atoms. The molecule has 1 heterocycles. The minimum atomic E-state index is -0.842. The third-order valence-electron chi connectivity index (χ3n) is 2.73. The number of allylic oxidation sites excluding steroid dienone is 1. The third-order valence-corrected chi connectivity index (χ3v) is 2.73. The zero-order valence-corrected chi connectivity index (χ0v) is 10.1. The van der Waals surface area contributed by atoms with Crippen LogP contribution in [0.3, 0.4) is 0 Å². The van der Waals surface area contributed by atoms with Crippen molar-refractivity contribution in [2.45, 2.75) is 32.3 Å². The number of likely N-dealkylation sites (tertiary alicyclic amines) is 1. The first-order valence-electron chi connectivity index (χ1n) is 5.88. The lowest BCUT2D eigenvalue weighted by Gasteiger charge is -2.31. The molecule has 96 valence electrons. The highest BCUT2D eigenvalue weighted by molar-refractivity contribution is 5.87. The molecule has 1 aliphatic rings. The lowest BCUT2D eigenvalue weighted by atomic mass is 10.1. The van der Waals surface area contributed by atoms with Crippen LogP contribution < -0.4 is 0 Å². The van der Waals surface area contributed by atoms with Crippen molar-refractivity contribution in [2.24, 2.45) is 0 Å². The quantitative estimate of drug-likeness (QED) is 0.730. The highest BCUT2D eigenvalue weighted by Crippen LogP contribution is 2.14. The lowest BCUT2D eigenvalue weighted by molar-refractivity contribution is -0.138. The predicted octanol–water partition coefficient (Wildman–Crippen LogP) is 1.04. The van der Waals surface area contributed by atoms with Crippen LogP contribution in [-0.2, 0) is 14.3 Å². The molecule has 1 N–H and O–H groups in total. The summed E-state index contributed by atoms with van der Waals surface area (Å²) in [5.41, 5.74) is 0. The Morgan fingerprint density at radius 1 is 1.41 bits per heavy atom. The zero-order chi connectivity index (χ0) is 12.7. The molecule has 0 aromatic rings. The van der Waals surface area contributed by atoms with Gasteiger partial charge in [-0.1, -0.05) is 6.08 Å². The fraction of sp³-hybridized carbons (Fsp3) is 0.667. The standard InChI is InChI=1S/C12H19NO4/c1-2-3-11(14)13-7-4-10(5-8-13)17-9-6-12(15)16/h2-3,10H,4-9H2,1H3,(H,15,16). The summed E-state index contributed by atoms with van der Waals surface area (Å²) in [5.74, 6) is -0.804. The Morgan fingerprint density at radius 2 is 2.06 bits per heavy atom. The average Bonchev–Trinajstić information content (AvgIpc) is 2.30. The number of aliphatic carboxylic acids is 1. The van der Waals surface area contributed by atoms with E-state index in [9.17, 15) is 9.59 Å². The van der Waals surface area contributed by atoms with Gasteiger partial charge in [-0.25, -0.2) is 0 Å². The van der Waals surface area contributed by atoms with Crippen molar-refractivity contribution < 1.29 is 19.4 Å². The number of hydrogen-bond donors (Lipinski definition) is 1. The van der Waals surface area contributed by atoms with Gasteiger partial charge < -0.3 is 14.7 Å². The van der Waals surface area contributed by atoms with Gasteiger partial charge in [-0.05, 0) is 25.8 Å². The molecule has 5 nitrogen and oxygen atoms in total. The van der Waals surface area contributed by atoms with Crippen molar-refractivity contribution in [1.29, 1.82) is 0 Å². The lowest BCUT2D eigenvalue weighted by Crippen LogP contribution is -2.40. The fourth-order valence-electron chi connectivity index (χ4n) is 1.80. The largest absolute Gasteiger partial charge is 0.481 e. The number of carbonyl (C=O) groups excluding carboxylic acids is 1. The smallest absolute Gasteiger partial charge is 0.305 e. The molecule has 0 aliphatic carbocycles. The Balaban J connectivity index is 2.21. The van der Waals surface area contributed by atoms with Crippen LogP contribution in [0.1, 0.15) is 26.2 Å². The molecule has 0 saturated carbocycles. The minimum absolute atomic E-state index is 0.0384. The summed E-state index contributed by atoms with van der Waals surface area (Å²) in [4.78, 5) is 23.6. The summed E-state index contributed by atoms with van der Waals surface area (Å²) in [6.07, 6.45) is 4.98. The summed E-state index contributed by atoms with van der Waals surface area (Å²) in [5, 5.41) is 8.48. The van der Waals surface area contributed by atoms with E-state index < -0.39 is 5.97 Å². The van der Waals surface area contributed by atoms with Crippen molar-refractivity contribution in [3.05, 3.63) is 12.2 Å². The number of nitrogens with zero attached hydrogens (tertiary/aromatic N) is 1. The molecule has 0 unspecified atom stereocenters. The first kappa shape index (κ1) is 13.7. The van der Waals surface area contributed by atoms with Crippen LogP contribution in [0.2, 0.25) is 0 Å². The summed E-state index contributed by atoms with van der Waals surface area (Å²) in [7, 11) is 0. The number of hydrogen-bond acceptors (Lipinski definition) is 3. The van der Waals surface area contributed by atoms with Crippen molar-refractivity contribution in [3.8, 4) is 0 Å². The molecular formula is C12H19NO4. The second-order valence-corrected chi connectivity index (χ2v) is 4.04. The maximum atomic E-state index is 11.5. The van der Waals surface area contributed by atoms with Crippen molar-refractivity contribution in [1.82, 2.24) is 4.90 Å². The van der Waals surface area contributed by atoms with E-state index in [4.69, 9.17) is 9.84 Å². The van der Waals surface area contributed by atoms with E-state index in [2.05, 4.69) is 0 Å². The van der Waals surface area contributed by atoms with Crippen molar-refractivity contribution in [2.75, 3.05) is 19.7 Å². The summed E-state index contributed by atoms with van der Waals surface area (Å²) >= 11 is 0. The fourth-order valence-corrected chi connectivity index (χ4v) is 1.80. The summed E-state index contributed by atoms with van der Waals surface area (Å²) < 4.78 is 5.44. The number of carbonyl (C=O) groups is 2. The molecule has 0 atom stereocenters. The van der Waals surface area contributed by atoms with Gasteiger partial charge in [-0.3, -0.25) is 9.59 Å². The monoisotopic (exact) mass is 241 g/mol. The Hall–Kier alpha value is -1.36. The van der Waals surface area contributed by atoms with Gasteiger partial charge in [0.15, 0.2) is 0 Å². The van der Waals surface area contributed by atoms with E-state index in [1.54, 1.807) is 17.1 Å². The first-order chi connectivity index (χ1) is 8.13. The zero-order valence-electron chi connectivity index (χ0n) is 10.1. The Bertz CT molecular complexity index is 293. The van der Waals surface area contributed by atoms with Gasteiger partial charge >= 0.3 is 5.97 Å². The highest BCUT2D eigenvalue weighted by atomic mass is 16.5. The van der Waals surface area contributed by atoms with Crippen LogP contribution in [0.5, 0.6) is 0 Å². The summed E-state index contributed by atoms with van der Waals surface area (Å²) in [6, 6.07) is 0. The molecular weight excluding hydrogens is 222 g/mol. The topological polar surface area (TPSA) is 66.8 Å². The molecule has 1 amide bonds.